The van der Waals surface area contributed by atoms with Crippen LogP contribution >= 0.6 is 15.9 Å². The molecule has 0 spiro atoms. The Morgan fingerprint density at radius 1 is 1.53 bits per heavy atom. The molecule has 19 heavy (non-hydrogen) atoms. The molecule has 1 aromatic carbocycles. The zero-order chi connectivity index (χ0) is 14.0. The van der Waals surface area contributed by atoms with E-state index in [2.05, 4.69) is 21.0 Å². The number of nitrogens with zero attached hydrogens (tertiary/aromatic N) is 3. The van der Waals surface area contributed by atoms with Gasteiger partial charge in [0.25, 0.3) is 0 Å². The molecule has 2 rings (SSSR count). The Kier molecular flexibility index (Phi) is 3.86. The second-order valence-corrected chi connectivity index (χ2v) is 4.80. The lowest BCUT2D eigenvalue weighted by Gasteiger charge is -2.07. The van der Waals surface area contributed by atoms with Crippen molar-refractivity contribution in [1.29, 1.82) is 5.26 Å². The van der Waals surface area contributed by atoms with E-state index in [9.17, 15) is 4.39 Å². The summed E-state index contributed by atoms with van der Waals surface area (Å²) in [7, 11) is 1.82. The van der Waals surface area contributed by atoms with Crippen molar-refractivity contribution in [1.82, 2.24) is 9.78 Å². The van der Waals surface area contributed by atoms with Crippen molar-refractivity contribution in [2.75, 3.05) is 0 Å². The average molecular weight is 324 g/mol. The number of benzene rings is 1. The molecule has 2 aromatic rings. The quantitative estimate of drug-likeness (QED) is 0.872. The van der Waals surface area contributed by atoms with Crippen LogP contribution in [0.2, 0.25) is 0 Å². The lowest BCUT2D eigenvalue weighted by molar-refractivity contribution is 0.292. The molecule has 0 aliphatic heterocycles. The number of rotatable bonds is 3. The highest BCUT2D eigenvalue weighted by atomic mass is 79.9. The van der Waals surface area contributed by atoms with Gasteiger partial charge < -0.3 is 4.74 Å². The van der Waals surface area contributed by atoms with Crippen LogP contribution in [-0.4, -0.2) is 9.78 Å². The maximum atomic E-state index is 13.4. The number of hydrogen-bond donors (Lipinski definition) is 0. The van der Waals surface area contributed by atoms with Crippen LogP contribution in [-0.2, 0) is 13.7 Å². The maximum Gasteiger partial charge on any atom is 0.144 e. The summed E-state index contributed by atoms with van der Waals surface area (Å²) in [5, 5.41) is 12.9. The molecular weight excluding hydrogens is 313 g/mol. The molecule has 6 heteroatoms. The number of aromatic nitrogens is 2. The highest BCUT2D eigenvalue weighted by Crippen LogP contribution is 2.23. The van der Waals surface area contributed by atoms with Gasteiger partial charge in [-0.3, -0.25) is 4.68 Å². The van der Waals surface area contributed by atoms with Crippen molar-refractivity contribution in [2.24, 2.45) is 7.05 Å². The standard InChI is InChI=1S/C13H11BrFN3O/c1-8-13(14)12(18(2)17-8)7-19-10-4-3-9(6-16)11(15)5-10/h3-5H,7H2,1-2H3. The van der Waals surface area contributed by atoms with E-state index >= 15 is 0 Å². The van der Waals surface area contributed by atoms with Gasteiger partial charge in [0.2, 0.25) is 0 Å². The summed E-state index contributed by atoms with van der Waals surface area (Å²) in [6.45, 7) is 2.15. The Hall–Kier alpha value is -1.87. The highest BCUT2D eigenvalue weighted by Gasteiger charge is 2.11. The van der Waals surface area contributed by atoms with Gasteiger partial charge in [-0.1, -0.05) is 0 Å². The van der Waals surface area contributed by atoms with Crippen LogP contribution in [0.5, 0.6) is 5.75 Å². The van der Waals surface area contributed by atoms with Gasteiger partial charge >= 0.3 is 0 Å². The van der Waals surface area contributed by atoms with E-state index in [4.69, 9.17) is 10.00 Å². The molecule has 1 heterocycles. The summed E-state index contributed by atoms with van der Waals surface area (Å²) in [6.07, 6.45) is 0. The van der Waals surface area contributed by atoms with Crippen LogP contribution in [0.15, 0.2) is 22.7 Å². The van der Waals surface area contributed by atoms with Crippen molar-refractivity contribution >= 4 is 15.9 Å². The fourth-order valence-electron chi connectivity index (χ4n) is 1.66. The van der Waals surface area contributed by atoms with E-state index in [1.165, 1.54) is 12.1 Å². The van der Waals surface area contributed by atoms with E-state index in [0.717, 1.165) is 15.9 Å². The Bertz CT molecular complexity index is 661. The second kappa shape index (κ2) is 5.41. The Morgan fingerprint density at radius 2 is 2.26 bits per heavy atom. The number of aryl methyl sites for hydroxylation is 2. The van der Waals surface area contributed by atoms with Gasteiger partial charge in [0.05, 0.1) is 21.4 Å². The molecule has 0 saturated heterocycles. The fourth-order valence-corrected chi connectivity index (χ4v) is 2.12. The second-order valence-electron chi connectivity index (χ2n) is 4.01. The van der Waals surface area contributed by atoms with Gasteiger partial charge in [0, 0.05) is 13.1 Å². The first-order valence-corrected chi connectivity index (χ1v) is 6.32. The molecule has 98 valence electrons. The molecule has 0 aliphatic rings. The Labute approximate surface area is 118 Å². The molecule has 0 atom stereocenters. The zero-order valence-corrected chi connectivity index (χ0v) is 12.0. The number of nitriles is 1. The van der Waals surface area contributed by atoms with Gasteiger partial charge in [0.1, 0.15) is 24.2 Å². The van der Waals surface area contributed by atoms with Crippen molar-refractivity contribution in [3.63, 3.8) is 0 Å². The monoisotopic (exact) mass is 323 g/mol. The Morgan fingerprint density at radius 3 is 2.79 bits per heavy atom. The summed E-state index contributed by atoms with van der Waals surface area (Å²) in [5.74, 6) is -0.206. The van der Waals surface area contributed by atoms with Crippen molar-refractivity contribution in [3.8, 4) is 11.8 Å². The zero-order valence-electron chi connectivity index (χ0n) is 10.4. The first-order chi connectivity index (χ1) is 9.02. The molecule has 0 N–H and O–H groups in total. The van der Waals surface area contributed by atoms with Gasteiger partial charge in [-0.25, -0.2) is 4.39 Å². The minimum atomic E-state index is -0.583. The van der Waals surface area contributed by atoms with E-state index in [-0.39, 0.29) is 12.2 Å². The first kappa shape index (κ1) is 13.6. The first-order valence-electron chi connectivity index (χ1n) is 5.53. The van der Waals surface area contributed by atoms with Crippen LogP contribution in [0.4, 0.5) is 4.39 Å². The van der Waals surface area contributed by atoms with Gasteiger partial charge in [-0.05, 0) is 35.0 Å². The van der Waals surface area contributed by atoms with Crippen LogP contribution in [0, 0.1) is 24.1 Å². The molecule has 0 radical (unpaired) electrons. The van der Waals surface area contributed by atoms with Crippen LogP contribution in [0.25, 0.3) is 0 Å². The summed E-state index contributed by atoms with van der Waals surface area (Å²) >= 11 is 3.43. The van der Waals surface area contributed by atoms with Gasteiger partial charge in [0.15, 0.2) is 0 Å². The smallest absolute Gasteiger partial charge is 0.144 e. The third kappa shape index (κ3) is 2.76. The van der Waals surface area contributed by atoms with E-state index in [1.807, 2.05) is 14.0 Å². The van der Waals surface area contributed by atoms with Crippen molar-refractivity contribution in [3.05, 3.63) is 45.4 Å². The summed E-state index contributed by atoms with van der Waals surface area (Å²) in [4.78, 5) is 0. The summed E-state index contributed by atoms with van der Waals surface area (Å²) < 4.78 is 21.5. The van der Waals surface area contributed by atoms with E-state index in [1.54, 1.807) is 16.8 Å². The molecule has 0 aliphatic carbocycles. The Balaban J connectivity index is 2.15. The minimum absolute atomic E-state index is 0.00454. The fraction of sp³-hybridized carbons (Fsp3) is 0.231. The van der Waals surface area contributed by atoms with Crippen LogP contribution < -0.4 is 4.74 Å². The predicted octanol–water partition coefficient (Wildman–Crippen LogP) is 3.08. The molecule has 0 unspecified atom stereocenters. The lowest BCUT2D eigenvalue weighted by atomic mass is 10.2. The topological polar surface area (TPSA) is 50.8 Å². The lowest BCUT2D eigenvalue weighted by Crippen LogP contribution is -2.04. The molecule has 0 fully saturated rings. The third-order valence-corrected chi connectivity index (χ3v) is 3.73. The maximum absolute atomic E-state index is 13.4. The minimum Gasteiger partial charge on any atom is -0.487 e. The van der Waals surface area contributed by atoms with E-state index < -0.39 is 5.82 Å². The van der Waals surface area contributed by atoms with Crippen LogP contribution in [0.1, 0.15) is 17.0 Å². The SMILES string of the molecule is Cc1nn(C)c(COc2ccc(C#N)c(F)c2)c1Br. The molecule has 0 bridgehead atoms. The molecule has 1 aromatic heterocycles. The van der Waals surface area contributed by atoms with Crippen molar-refractivity contribution < 1.29 is 9.13 Å². The molecule has 4 nitrogen and oxygen atoms in total. The van der Waals surface area contributed by atoms with Crippen LogP contribution in [0.3, 0.4) is 0 Å². The van der Waals surface area contributed by atoms with Gasteiger partial charge in [-0.2, -0.15) is 10.4 Å². The van der Waals surface area contributed by atoms with Gasteiger partial charge in [-0.15, -0.1) is 0 Å². The number of hydrogen-bond acceptors (Lipinski definition) is 3. The largest absolute Gasteiger partial charge is 0.487 e. The number of ether oxygens (including phenoxy) is 1. The molecule has 0 amide bonds. The molecular formula is C13H11BrFN3O. The predicted molar refractivity (Wildman–Crippen MR) is 71.1 cm³/mol. The normalized spacial score (nSPS) is 10.3. The average Bonchev–Trinajstić information content (AvgIpc) is 2.61. The highest BCUT2D eigenvalue weighted by molar-refractivity contribution is 9.10. The number of halogens is 2. The summed E-state index contributed by atoms with van der Waals surface area (Å²) in [5.41, 5.74) is 1.74. The van der Waals surface area contributed by atoms with Crippen molar-refractivity contribution in [2.45, 2.75) is 13.5 Å². The summed E-state index contributed by atoms with van der Waals surface area (Å²) in [6, 6.07) is 5.93. The third-order valence-electron chi connectivity index (χ3n) is 2.70. The van der Waals surface area contributed by atoms with E-state index in [0.29, 0.717) is 5.75 Å². The molecule has 0 saturated carbocycles.